The maximum Gasteiger partial charge on any atom is 0.253 e. The minimum Gasteiger partial charge on any atom is -0.347 e. The average molecular weight is 392 g/mol. The van der Waals surface area contributed by atoms with Crippen LogP contribution < -0.4 is 5.32 Å². The zero-order valence-electron chi connectivity index (χ0n) is 16.6. The zero-order chi connectivity index (χ0) is 20.4. The summed E-state index contributed by atoms with van der Waals surface area (Å²) in [6.07, 6.45) is 4.36. The lowest BCUT2D eigenvalue weighted by Crippen LogP contribution is -2.38. The summed E-state index contributed by atoms with van der Waals surface area (Å²) in [4.78, 5) is 31.3. The first-order chi connectivity index (χ1) is 14.0. The Labute approximate surface area is 168 Å². The van der Waals surface area contributed by atoms with Crippen LogP contribution >= 0.6 is 0 Å². The summed E-state index contributed by atoms with van der Waals surface area (Å²) in [7, 11) is 0. The highest BCUT2D eigenvalue weighted by Gasteiger charge is 2.28. The number of pyridine rings is 1. The molecule has 3 aromatic rings. The van der Waals surface area contributed by atoms with Crippen molar-refractivity contribution in [2.24, 2.45) is 0 Å². The van der Waals surface area contributed by atoms with Gasteiger partial charge in [0, 0.05) is 43.5 Å². The Kier molecular flexibility index (Phi) is 5.24. The van der Waals surface area contributed by atoms with Crippen LogP contribution in [0.4, 0.5) is 0 Å². The number of aromatic nitrogens is 4. The molecule has 1 aliphatic rings. The van der Waals surface area contributed by atoms with Crippen molar-refractivity contribution in [1.29, 1.82) is 0 Å². The van der Waals surface area contributed by atoms with Crippen LogP contribution in [-0.2, 0) is 17.8 Å². The van der Waals surface area contributed by atoms with E-state index in [-0.39, 0.29) is 24.3 Å². The molecule has 1 aliphatic heterocycles. The van der Waals surface area contributed by atoms with Crippen LogP contribution in [0.1, 0.15) is 35.0 Å². The van der Waals surface area contributed by atoms with E-state index in [0.29, 0.717) is 24.3 Å². The number of fused-ring (bicyclic) bond motifs is 1. The van der Waals surface area contributed by atoms with Crippen LogP contribution in [0.5, 0.6) is 0 Å². The van der Waals surface area contributed by atoms with E-state index < -0.39 is 0 Å². The molecule has 8 nitrogen and oxygen atoms in total. The average Bonchev–Trinajstić information content (AvgIpc) is 3.36. The lowest BCUT2D eigenvalue weighted by Gasteiger charge is -2.16. The van der Waals surface area contributed by atoms with Gasteiger partial charge < -0.3 is 10.2 Å². The molecule has 1 saturated heterocycles. The van der Waals surface area contributed by atoms with Crippen molar-refractivity contribution in [3.63, 3.8) is 0 Å². The lowest BCUT2D eigenvalue weighted by molar-refractivity contribution is -0.129. The molecule has 0 unspecified atom stereocenters. The highest BCUT2D eigenvalue weighted by molar-refractivity contribution is 5.97. The third-order valence-corrected chi connectivity index (χ3v) is 5.22. The summed E-state index contributed by atoms with van der Waals surface area (Å²) in [5.41, 5.74) is 3.19. The minimum atomic E-state index is -0.161. The highest BCUT2D eigenvalue weighted by atomic mass is 16.2. The Morgan fingerprint density at radius 1 is 1.28 bits per heavy atom. The van der Waals surface area contributed by atoms with Gasteiger partial charge >= 0.3 is 0 Å². The summed E-state index contributed by atoms with van der Waals surface area (Å²) in [5.74, 6) is -0.154. The molecule has 0 spiro atoms. The minimum absolute atomic E-state index is 0.00718. The lowest BCUT2D eigenvalue weighted by atomic mass is 10.1. The first-order valence-electron chi connectivity index (χ1n) is 9.86. The largest absolute Gasteiger partial charge is 0.347 e. The van der Waals surface area contributed by atoms with Crippen LogP contribution in [0.2, 0.25) is 0 Å². The number of amides is 2. The number of aryl methyl sites for hydroxylation is 2. The van der Waals surface area contributed by atoms with Crippen molar-refractivity contribution >= 4 is 22.7 Å². The van der Waals surface area contributed by atoms with Gasteiger partial charge in [-0.15, -0.1) is 5.10 Å². The fourth-order valence-corrected chi connectivity index (χ4v) is 3.59. The van der Waals surface area contributed by atoms with Crippen LogP contribution in [0.15, 0.2) is 36.7 Å². The fraction of sp³-hybridized carbons (Fsp3) is 0.381. The smallest absolute Gasteiger partial charge is 0.253 e. The van der Waals surface area contributed by atoms with E-state index in [1.807, 2.05) is 38.1 Å². The van der Waals surface area contributed by atoms with Crippen LogP contribution in [0.25, 0.3) is 10.9 Å². The van der Waals surface area contributed by atoms with Gasteiger partial charge in [-0.1, -0.05) is 16.8 Å². The van der Waals surface area contributed by atoms with Gasteiger partial charge in [0.05, 0.1) is 23.2 Å². The molecule has 2 aromatic heterocycles. The number of nitrogens with one attached hydrogen (secondary N) is 1. The topological polar surface area (TPSA) is 93.0 Å². The molecule has 4 rings (SSSR count). The monoisotopic (exact) mass is 392 g/mol. The van der Waals surface area contributed by atoms with Crippen LogP contribution in [0, 0.1) is 6.92 Å². The van der Waals surface area contributed by atoms with Gasteiger partial charge in [-0.2, -0.15) is 0 Å². The highest BCUT2D eigenvalue weighted by Crippen LogP contribution is 2.16. The predicted molar refractivity (Wildman–Crippen MR) is 108 cm³/mol. The number of benzene rings is 1. The molecule has 2 amide bonds. The first-order valence-corrected chi connectivity index (χ1v) is 9.86. The molecule has 3 heterocycles. The van der Waals surface area contributed by atoms with Gasteiger partial charge in [0.15, 0.2) is 0 Å². The number of rotatable bonds is 5. The fourth-order valence-electron chi connectivity index (χ4n) is 3.59. The summed E-state index contributed by atoms with van der Waals surface area (Å²) in [6, 6.07) is 7.77. The van der Waals surface area contributed by atoms with E-state index in [9.17, 15) is 9.59 Å². The second-order valence-corrected chi connectivity index (χ2v) is 7.46. The third-order valence-electron chi connectivity index (χ3n) is 5.22. The number of nitrogens with zero attached hydrogens (tertiary/aromatic N) is 5. The number of carbonyl (C=O) groups is 2. The Bertz CT molecular complexity index is 1060. The van der Waals surface area contributed by atoms with Crippen molar-refractivity contribution < 1.29 is 9.59 Å². The molecule has 150 valence electrons. The predicted octanol–water partition coefficient (Wildman–Crippen LogP) is 1.73. The molecular weight excluding hydrogens is 368 g/mol. The van der Waals surface area contributed by atoms with Gasteiger partial charge in [-0.25, -0.2) is 0 Å². The van der Waals surface area contributed by atoms with Gasteiger partial charge in [0.1, 0.15) is 0 Å². The second-order valence-electron chi connectivity index (χ2n) is 7.46. The van der Waals surface area contributed by atoms with Gasteiger partial charge in [0.2, 0.25) is 5.91 Å². The normalized spacial score (nSPS) is 16.3. The first kappa shape index (κ1) is 19.0. The number of likely N-dealkylation sites (tertiary alicyclic amines) is 1. The molecule has 0 aliphatic carbocycles. The van der Waals surface area contributed by atoms with E-state index in [1.165, 1.54) is 0 Å². The van der Waals surface area contributed by atoms with Gasteiger partial charge in [0.25, 0.3) is 5.91 Å². The number of hydrogen-bond acceptors (Lipinski definition) is 5. The Balaban J connectivity index is 1.35. The summed E-state index contributed by atoms with van der Waals surface area (Å²) in [5, 5.41) is 12.0. The van der Waals surface area contributed by atoms with E-state index in [0.717, 1.165) is 29.4 Å². The summed E-state index contributed by atoms with van der Waals surface area (Å²) >= 11 is 0. The molecule has 1 fully saturated rings. The molecule has 0 bridgehead atoms. The number of hydrogen-bond donors (Lipinski definition) is 1. The third kappa shape index (κ3) is 4.26. The molecule has 0 radical (unpaired) electrons. The maximum absolute atomic E-state index is 12.7. The van der Waals surface area contributed by atoms with Crippen molar-refractivity contribution in [3.05, 3.63) is 53.5 Å². The van der Waals surface area contributed by atoms with Gasteiger partial charge in [-0.05, 0) is 38.5 Å². The van der Waals surface area contributed by atoms with Gasteiger partial charge in [-0.3, -0.25) is 19.3 Å². The van der Waals surface area contributed by atoms with Crippen LogP contribution in [0.3, 0.4) is 0 Å². The molecule has 1 atom stereocenters. The molecule has 29 heavy (non-hydrogen) atoms. The Morgan fingerprint density at radius 3 is 2.93 bits per heavy atom. The molecule has 0 saturated carbocycles. The standard InChI is InChI=1S/C21H24N6O2/c1-3-27-13-18(24-25-27)10-20(28)26-7-6-17(12-26)23-21(29)16-9-15-8-14(2)4-5-19(15)22-11-16/h4-5,8-9,11,13,17H,3,6-7,10,12H2,1-2H3,(H,23,29)/t17-/m1/s1. The van der Waals surface area contributed by atoms with Crippen molar-refractivity contribution in [2.45, 2.75) is 39.3 Å². The quantitative estimate of drug-likeness (QED) is 0.714. The second kappa shape index (κ2) is 7.98. The maximum atomic E-state index is 12.7. The van der Waals surface area contributed by atoms with Crippen molar-refractivity contribution in [1.82, 2.24) is 30.2 Å². The van der Waals surface area contributed by atoms with E-state index in [4.69, 9.17) is 0 Å². The van der Waals surface area contributed by atoms with E-state index in [1.54, 1.807) is 22.0 Å². The number of carbonyl (C=O) groups excluding carboxylic acids is 2. The SMILES string of the molecule is CCn1cc(CC(=O)N2CC[C@@H](NC(=O)c3cnc4ccc(C)cc4c3)C2)nn1. The molecule has 8 heteroatoms. The van der Waals surface area contributed by atoms with Crippen molar-refractivity contribution in [2.75, 3.05) is 13.1 Å². The summed E-state index contributed by atoms with van der Waals surface area (Å²) in [6.45, 7) is 5.84. The molecule has 1 N–H and O–H groups in total. The van der Waals surface area contributed by atoms with E-state index in [2.05, 4.69) is 20.6 Å². The molecular formula is C21H24N6O2. The molecule has 1 aromatic carbocycles. The van der Waals surface area contributed by atoms with E-state index >= 15 is 0 Å². The summed E-state index contributed by atoms with van der Waals surface area (Å²) < 4.78 is 1.70. The Morgan fingerprint density at radius 2 is 2.14 bits per heavy atom. The van der Waals surface area contributed by atoms with Crippen LogP contribution in [-0.4, -0.2) is 55.8 Å². The zero-order valence-corrected chi connectivity index (χ0v) is 16.6. The Hall–Kier alpha value is -3.29. The van der Waals surface area contributed by atoms with Crippen molar-refractivity contribution in [3.8, 4) is 0 Å².